The number of hydrogen-bond acceptors (Lipinski definition) is 5. The Morgan fingerprint density at radius 1 is 1.23 bits per heavy atom. The van der Waals surface area contributed by atoms with Gasteiger partial charge >= 0.3 is 0 Å². The van der Waals surface area contributed by atoms with Crippen molar-refractivity contribution in [2.24, 2.45) is 0 Å². The molecule has 22 heavy (non-hydrogen) atoms. The maximum absolute atomic E-state index is 12.0. The zero-order valence-electron chi connectivity index (χ0n) is 12.3. The number of nitrogens with one attached hydrogen (secondary N) is 1. The minimum absolute atomic E-state index is 0.0438. The van der Waals surface area contributed by atoms with Crippen molar-refractivity contribution < 1.29 is 9.53 Å². The van der Waals surface area contributed by atoms with Crippen LogP contribution in [0.1, 0.15) is 11.1 Å². The first-order chi connectivity index (χ1) is 10.6. The maximum atomic E-state index is 12.0. The summed E-state index contributed by atoms with van der Waals surface area (Å²) in [6, 6.07) is 11.4. The third-order valence-corrected chi connectivity index (χ3v) is 3.79. The Morgan fingerprint density at radius 3 is 2.91 bits per heavy atom. The van der Waals surface area contributed by atoms with Crippen LogP contribution in [0.15, 0.2) is 36.4 Å². The van der Waals surface area contributed by atoms with E-state index in [2.05, 4.69) is 14.1 Å². The van der Waals surface area contributed by atoms with Crippen molar-refractivity contribution in [3.05, 3.63) is 47.5 Å². The van der Waals surface area contributed by atoms with Crippen LogP contribution in [0.4, 0.5) is 5.69 Å². The molecule has 0 atom stereocenters. The van der Waals surface area contributed by atoms with E-state index < -0.39 is 0 Å². The van der Waals surface area contributed by atoms with E-state index in [4.69, 9.17) is 4.74 Å². The fourth-order valence-electron chi connectivity index (χ4n) is 2.20. The quantitative estimate of drug-likeness (QED) is 0.802. The first kappa shape index (κ1) is 14.5. The highest BCUT2D eigenvalue weighted by molar-refractivity contribution is 7.00. The molecule has 1 N–H and O–H groups in total. The van der Waals surface area contributed by atoms with Gasteiger partial charge in [-0.1, -0.05) is 23.8 Å². The highest BCUT2D eigenvalue weighted by Gasteiger charge is 2.09. The third kappa shape index (κ3) is 3.07. The summed E-state index contributed by atoms with van der Waals surface area (Å²) in [7, 11) is 0. The van der Waals surface area contributed by atoms with Gasteiger partial charge in [-0.05, 0) is 37.6 Å². The first-order valence-electron chi connectivity index (χ1n) is 6.84. The Morgan fingerprint density at radius 2 is 2.09 bits per heavy atom. The number of aryl methyl sites for hydroxylation is 2. The molecule has 0 unspecified atom stereocenters. The molecule has 2 aromatic carbocycles. The lowest BCUT2D eigenvalue weighted by Gasteiger charge is -2.10. The van der Waals surface area contributed by atoms with Crippen LogP contribution in [0, 0.1) is 13.8 Å². The molecule has 0 saturated carbocycles. The molecular formula is C16H15N3O2S. The van der Waals surface area contributed by atoms with Gasteiger partial charge in [0, 0.05) is 0 Å². The standard InChI is InChI=1S/C16H15N3O2S/c1-10-6-7-14(11(2)8-10)21-9-15(20)17-12-4-3-5-13-16(12)19-22-18-13/h3-8H,9H2,1-2H3,(H,17,20). The van der Waals surface area contributed by atoms with E-state index >= 15 is 0 Å². The van der Waals surface area contributed by atoms with Gasteiger partial charge in [0.2, 0.25) is 0 Å². The van der Waals surface area contributed by atoms with Gasteiger partial charge in [-0.2, -0.15) is 8.75 Å². The van der Waals surface area contributed by atoms with Gasteiger partial charge in [0.05, 0.1) is 17.4 Å². The van der Waals surface area contributed by atoms with E-state index in [1.54, 1.807) is 6.07 Å². The van der Waals surface area contributed by atoms with Crippen molar-refractivity contribution in [2.45, 2.75) is 13.8 Å². The maximum Gasteiger partial charge on any atom is 0.262 e. The normalized spacial score (nSPS) is 10.6. The molecule has 0 aliphatic carbocycles. The number of anilines is 1. The smallest absolute Gasteiger partial charge is 0.262 e. The van der Waals surface area contributed by atoms with E-state index in [-0.39, 0.29) is 12.5 Å². The number of nitrogens with zero attached hydrogens (tertiary/aromatic N) is 2. The molecule has 0 aliphatic rings. The van der Waals surface area contributed by atoms with E-state index in [1.807, 2.05) is 44.2 Å². The zero-order valence-corrected chi connectivity index (χ0v) is 13.1. The SMILES string of the molecule is Cc1ccc(OCC(=O)Nc2cccc3nsnc23)c(C)c1. The largest absolute Gasteiger partial charge is 0.483 e. The van der Waals surface area contributed by atoms with Crippen molar-refractivity contribution in [3.8, 4) is 5.75 Å². The fourth-order valence-corrected chi connectivity index (χ4v) is 2.75. The van der Waals surface area contributed by atoms with Gasteiger partial charge < -0.3 is 10.1 Å². The van der Waals surface area contributed by atoms with E-state index in [0.29, 0.717) is 17.0 Å². The van der Waals surface area contributed by atoms with Crippen LogP contribution in [-0.4, -0.2) is 21.3 Å². The summed E-state index contributed by atoms with van der Waals surface area (Å²) in [5.74, 6) is 0.495. The third-order valence-electron chi connectivity index (χ3n) is 3.25. The second-order valence-corrected chi connectivity index (χ2v) is 5.57. The Kier molecular flexibility index (Phi) is 4.02. The van der Waals surface area contributed by atoms with Crippen molar-refractivity contribution in [1.82, 2.24) is 8.75 Å². The zero-order chi connectivity index (χ0) is 15.5. The molecular weight excluding hydrogens is 298 g/mol. The number of benzene rings is 2. The van der Waals surface area contributed by atoms with Crippen LogP contribution in [0.3, 0.4) is 0 Å². The summed E-state index contributed by atoms with van der Waals surface area (Å²) in [6.07, 6.45) is 0. The number of aromatic nitrogens is 2. The summed E-state index contributed by atoms with van der Waals surface area (Å²) in [6.45, 7) is 3.94. The molecule has 5 nitrogen and oxygen atoms in total. The summed E-state index contributed by atoms with van der Waals surface area (Å²) in [4.78, 5) is 12.0. The van der Waals surface area contributed by atoms with Crippen molar-refractivity contribution in [1.29, 1.82) is 0 Å². The van der Waals surface area contributed by atoms with Gasteiger partial charge in [-0.3, -0.25) is 4.79 Å². The second-order valence-electron chi connectivity index (χ2n) is 5.04. The van der Waals surface area contributed by atoms with Crippen molar-refractivity contribution in [2.75, 3.05) is 11.9 Å². The van der Waals surface area contributed by atoms with Gasteiger partial charge in [0.1, 0.15) is 16.8 Å². The summed E-state index contributed by atoms with van der Waals surface area (Å²) >= 11 is 1.13. The van der Waals surface area contributed by atoms with Crippen LogP contribution in [0.25, 0.3) is 11.0 Å². The van der Waals surface area contributed by atoms with Crippen LogP contribution >= 0.6 is 11.7 Å². The number of amides is 1. The molecule has 0 radical (unpaired) electrons. The number of carbonyl (C=O) groups excluding carboxylic acids is 1. The number of hydrogen-bond donors (Lipinski definition) is 1. The number of fused-ring (bicyclic) bond motifs is 1. The van der Waals surface area contributed by atoms with E-state index in [1.165, 1.54) is 0 Å². The van der Waals surface area contributed by atoms with E-state index in [9.17, 15) is 4.79 Å². The van der Waals surface area contributed by atoms with Crippen LogP contribution < -0.4 is 10.1 Å². The predicted octanol–water partition coefficient (Wildman–Crippen LogP) is 3.33. The highest BCUT2D eigenvalue weighted by atomic mass is 32.1. The molecule has 0 saturated heterocycles. The fraction of sp³-hybridized carbons (Fsp3) is 0.188. The average Bonchev–Trinajstić information content (AvgIpc) is 2.96. The minimum atomic E-state index is -0.222. The number of ether oxygens (including phenoxy) is 1. The molecule has 3 aromatic rings. The Labute approximate surface area is 132 Å². The van der Waals surface area contributed by atoms with Gasteiger partial charge in [-0.25, -0.2) is 0 Å². The predicted molar refractivity (Wildman–Crippen MR) is 87.5 cm³/mol. The van der Waals surface area contributed by atoms with Crippen molar-refractivity contribution in [3.63, 3.8) is 0 Å². The molecule has 6 heteroatoms. The Bertz CT molecular complexity index is 829. The van der Waals surface area contributed by atoms with Crippen molar-refractivity contribution >= 4 is 34.4 Å². The second kappa shape index (κ2) is 6.11. The summed E-state index contributed by atoms with van der Waals surface area (Å²) in [5.41, 5.74) is 4.31. The average molecular weight is 313 g/mol. The number of carbonyl (C=O) groups is 1. The molecule has 3 rings (SSSR count). The molecule has 1 amide bonds. The summed E-state index contributed by atoms with van der Waals surface area (Å²) in [5, 5.41) is 2.81. The van der Waals surface area contributed by atoms with Crippen LogP contribution in [-0.2, 0) is 4.79 Å². The van der Waals surface area contributed by atoms with E-state index in [0.717, 1.165) is 28.4 Å². The molecule has 0 spiro atoms. The first-order valence-corrected chi connectivity index (χ1v) is 7.58. The molecule has 0 fully saturated rings. The lowest BCUT2D eigenvalue weighted by atomic mass is 10.1. The molecule has 1 heterocycles. The topological polar surface area (TPSA) is 64.1 Å². The molecule has 112 valence electrons. The monoisotopic (exact) mass is 313 g/mol. The molecule has 0 aliphatic heterocycles. The molecule has 0 bridgehead atoms. The lowest BCUT2D eigenvalue weighted by Crippen LogP contribution is -2.20. The molecule has 1 aromatic heterocycles. The van der Waals surface area contributed by atoms with Crippen LogP contribution in [0.2, 0.25) is 0 Å². The van der Waals surface area contributed by atoms with Gasteiger partial charge in [-0.15, -0.1) is 0 Å². The van der Waals surface area contributed by atoms with Crippen LogP contribution in [0.5, 0.6) is 5.75 Å². The number of rotatable bonds is 4. The Hall–Kier alpha value is -2.47. The lowest BCUT2D eigenvalue weighted by molar-refractivity contribution is -0.118. The van der Waals surface area contributed by atoms with Gasteiger partial charge in [0.25, 0.3) is 5.91 Å². The Balaban J connectivity index is 1.66. The minimum Gasteiger partial charge on any atom is -0.483 e. The highest BCUT2D eigenvalue weighted by Crippen LogP contribution is 2.21. The van der Waals surface area contributed by atoms with Gasteiger partial charge in [0.15, 0.2) is 6.61 Å². The summed E-state index contributed by atoms with van der Waals surface area (Å²) < 4.78 is 13.9.